The lowest BCUT2D eigenvalue weighted by molar-refractivity contribution is 0.0466. The van der Waals surface area contributed by atoms with E-state index in [0.717, 1.165) is 20.7 Å². The average molecular weight is 427 g/mol. The van der Waals surface area contributed by atoms with Crippen molar-refractivity contribution >= 4 is 44.8 Å². The fraction of sp³-hybridized carbons (Fsp3) is 0.188. The van der Waals surface area contributed by atoms with E-state index in [9.17, 15) is 4.79 Å². The third-order valence-corrected chi connectivity index (χ3v) is 5.10. The SMILES string of the molecule is Cc1cc(C)n(-c2ccc(Cl)c(C(=O)OCc3csc(Br)c3)n2)n1. The normalized spacial score (nSPS) is 10.8. The number of halogens is 2. The lowest BCUT2D eigenvalue weighted by atomic mass is 10.3. The van der Waals surface area contributed by atoms with Crippen LogP contribution in [0.1, 0.15) is 27.4 Å². The number of aryl methyl sites for hydroxylation is 2. The molecule has 124 valence electrons. The number of nitrogens with zero attached hydrogens (tertiary/aromatic N) is 3. The standard InChI is InChI=1S/C16H13BrClN3O2S/c1-9-5-10(2)21(20-9)14-4-3-12(18)15(19-14)16(22)23-7-11-6-13(17)24-8-11/h3-6,8H,7H2,1-2H3. The van der Waals surface area contributed by atoms with Crippen LogP contribution in [0.3, 0.4) is 0 Å². The smallest absolute Gasteiger partial charge is 0.358 e. The van der Waals surface area contributed by atoms with E-state index in [4.69, 9.17) is 16.3 Å². The van der Waals surface area contributed by atoms with E-state index < -0.39 is 5.97 Å². The molecule has 0 aromatic carbocycles. The maximum absolute atomic E-state index is 12.3. The third kappa shape index (κ3) is 3.68. The van der Waals surface area contributed by atoms with Crippen LogP contribution >= 0.6 is 38.9 Å². The summed E-state index contributed by atoms with van der Waals surface area (Å²) in [5.74, 6) is -0.0408. The zero-order chi connectivity index (χ0) is 17.3. The van der Waals surface area contributed by atoms with Crippen molar-refractivity contribution < 1.29 is 9.53 Å². The van der Waals surface area contributed by atoms with E-state index in [-0.39, 0.29) is 17.3 Å². The monoisotopic (exact) mass is 425 g/mol. The van der Waals surface area contributed by atoms with Gasteiger partial charge >= 0.3 is 5.97 Å². The summed E-state index contributed by atoms with van der Waals surface area (Å²) >= 11 is 11.0. The molecule has 0 fully saturated rings. The molecule has 0 N–H and O–H groups in total. The Labute approximate surface area is 156 Å². The van der Waals surface area contributed by atoms with Gasteiger partial charge in [-0.05, 0) is 59.4 Å². The molecule has 3 heterocycles. The Kier molecular flexibility index (Phi) is 5.03. The van der Waals surface area contributed by atoms with Gasteiger partial charge in [-0.1, -0.05) is 11.6 Å². The molecule has 0 saturated carbocycles. The van der Waals surface area contributed by atoms with Crippen LogP contribution in [-0.4, -0.2) is 20.7 Å². The number of carbonyl (C=O) groups excluding carboxylic acids is 1. The van der Waals surface area contributed by atoms with Crippen molar-refractivity contribution in [3.05, 3.63) is 61.1 Å². The summed E-state index contributed by atoms with van der Waals surface area (Å²) < 4.78 is 7.95. The van der Waals surface area contributed by atoms with Crippen molar-refractivity contribution in [1.82, 2.24) is 14.8 Å². The number of pyridine rings is 1. The first-order valence-electron chi connectivity index (χ1n) is 7.04. The second-order valence-electron chi connectivity index (χ2n) is 5.17. The van der Waals surface area contributed by atoms with Gasteiger partial charge in [0.2, 0.25) is 0 Å². The summed E-state index contributed by atoms with van der Waals surface area (Å²) in [6.45, 7) is 3.99. The van der Waals surface area contributed by atoms with Gasteiger partial charge in [-0.15, -0.1) is 11.3 Å². The van der Waals surface area contributed by atoms with Crippen molar-refractivity contribution in [3.8, 4) is 5.82 Å². The highest BCUT2D eigenvalue weighted by Crippen LogP contribution is 2.22. The molecule has 0 unspecified atom stereocenters. The van der Waals surface area contributed by atoms with Crippen LogP contribution < -0.4 is 0 Å². The molecule has 0 aliphatic rings. The van der Waals surface area contributed by atoms with Crippen LogP contribution in [0, 0.1) is 13.8 Å². The zero-order valence-corrected chi connectivity index (χ0v) is 16.1. The van der Waals surface area contributed by atoms with Crippen LogP contribution in [0.15, 0.2) is 33.4 Å². The average Bonchev–Trinajstić information content (AvgIpc) is 3.10. The summed E-state index contributed by atoms with van der Waals surface area (Å²) in [6.07, 6.45) is 0. The fourth-order valence-electron chi connectivity index (χ4n) is 2.19. The maximum atomic E-state index is 12.3. The largest absolute Gasteiger partial charge is 0.456 e. The second-order valence-corrected chi connectivity index (χ2v) is 7.87. The van der Waals surface area contributed by atoms with Gasteiger partial charge in [0, 0.05) is 11.3 Å². The summed E-state index contributed by atoms with van der Waals surface area (Å²) in [6, 6.07) is 7.18. The molecule has 3 rings (SSSR count). The molecular formula is C16H13BrClN3O2S. The Morgan fingerprint density at radius 1 is 1.38 bits per heavy atom. The van der Waals surface area contributed by atoms with Gasteiger partial charge in [0.15, 0.2) is 11.5 Å². The van der Waals surface area contributed by atoms with Crippen LogP contribution in [0.5, 0.6) is 0 Å². The topological polar surface area (TPSA) is 57.0 Å². The van der Waals surface area contributed by atoms with E-state index in [1.165, 1.54) is 11.3 Å². The predicted octanol–water partition coefficient (Wildman–Crippen LogP) is 4.72. The van der Waals surface area contributed by atoms with Crippen molar-refractivity contribution in [1.29, 1.82) is 0 Å². The summed E-state index contributed by atoms with van der Waals surface area (Å²) in [5, 5.41) is 6.52. The van der Waals surface area contributed by atoms with Crippen molar-refractivity contribution in [2.24, 2.45) is 0 Å². The molecule has 0 saturated heterocycles. The first kappa shape index (κ1) is 17.1. The summed E-state index contributed by atoms with van der Waals surface area (Å²) in [5.41, 5.74) is 2.78. The Morgan fingerprint density at radius 3 is 2.79 bits per heavy atom. The molecule has 0 aliphatic heterocycles. The van der Waals surface area contributed by atoms with Crippen molar-refractivity contribution in [3.63, 3.8) is 0 Å². The summed E-state index contributed by atoms with van der Waals surface area (Å²) in [4.78, 5) is 16.6. The van der Waals surface area contributed by atoms with Crippen LogP contribution in [0.2, 0.25) is 5.02 Å². The lowest BCUT2D eigenvalue weighted by Gasteiger charge is -2.08. The number of thiophene rings is 1. The summed E-state index contributed by atoms with van der Waals surface area (Å²) in [7, 11) is 0. The first-order valence-corrected chi connectivity index (χ1v) is 9.09. The van der Waals surface area contributed by atoms with Gasteiger partial charge in [-0.2, -0.15) is 5.10 Å². The van der Waals surface area contributed by atoms with Crippen LogP contribution in [-0.2, 0) is 11.3 Å². The van der Waals surface area contributed by atoms with Crippen LogP contribution in [0.25, 0.3) is 5.82 Å². The van der Waals surface area contributed by atoms with Gasteiger partial charge in [-0.3, -0.25) is 0 Å². The van der Waals surface area contributed by atoms with Gasteiger partial charge in [0.25, 0.3) is 0 Å². The highest BCUT2D eigenvalue weighted by atomic mass is 79.9. The Bertz CT molecular complexity index is 907. The number of hydrogen-bond donors (Lipinski definition) is 0. The molecule has 0 bridgehead atoms. The number of rotatable bonds is 4. The van der Waals surface area contributed by atoms with E-state index >= 15 is 0 Å². The van der Waals surface area contributed by atoms with E-state index in [1.807, 2.05) is 31.4 Å². The minimum absolute atomic E-state index is 0.0796. The van der Waals surface area contributed by atoms with Gasteiger partial charge in [0.1, 0.15) is 6.61 Å². The number of hydrogen-bond acceptors (Lipinski definition) is 5. The van der Waals surface area contributed by atoms with Crippen molar-refractivity contribution in [2.75, 3.05) is 0 Å². The molecule has 24 heavy (non-hydrogen) atoms. The highest BCUT2D eigenvalue weighted by Gasteiger charge is 2.17. The van der Waals surface area contributed by atoms with Gasteiger partial charge in [-0.25, -0.2) is 14.5 Å². The van der Waals surface area contributed by atoms with Crippen LogP contribution in [0.4, 0.5) is 0 Å². The lowest BCUT2D eigenvalue weighted by Crippen LogP contribution is -2.11. The molecule has 0 atom stereocenters. The molecule has 0 spiro atoms. The molecule has 0 aliphatic carbocycles. The quantitative estimate of drug-likeness (QED) is 0.567. The zero-order valence-electron chi connectivity index (χ0n) is 12.9. The van der Waals surface area contributed by atoms with Crippen molar-refractivity contribution in [2.45, 2.75) is 20.5 Å². The molecule has 0 radical (unpaired) electrons. The molecule has 3 aromatic heterocycles. The second kappa shape index (κ2) is 7.04. The van der Waals surface area contributed by atoms with Gasteiger partial charge < -0.3 is 4.74 Å². The third-order valence-electron chi connectivity index (χ3n) is 3.24. The van der Waals surface area contributed by atoms with E-state index in [0.29, 0.717) is 5.82 Å². The Hall–Kier alpha value is -1.70. The number of aromatic nitrogens is 3. The van der Waals surface area contributed by atoms with E-state index in [2.05, 4.69) is 26.0 Å². The number of carbonyl (C=O) groups is 1. The van der Waals surface area contributed by atoms with Gasteiger partial charge in [0.05, 0.1) is 14.5 Å². The maximum Gasteiger partial charge on any atom is 0.358 e. The Morgan fingerprint density at radius 2 is 2.17 bits per heavy atom. The fourth-order valence-corrected chi connectivity index (χ4v) is 3.57. The van der Waals surface area contributed by atoms with E-state index in [1.54, 1.807) is 16.8 Å². The molecule has 3 aromatic rings. The Balaban J connectivity index is 1.83. The number of ether oxygens (including phenoxy) is 1. The minimum atomic E-state index is -0.564. The molecular weight excluding hydrogens is 414 g/mol. The first-order chi connectivity index (χ1) is 11.4. The molecule has 8 heteroatoms. The highest BCUT2D eigenvalue weighted by molar-refractivity contribution is 9.11. The predicted molar refractivity (Wildman–Crippen MR) is 97.0 cm³/mol. The molecule has 0 amide bonds. The number of esters is 1. The molecule has 5 nitrogen and oxygen atoms in total. The minimum Gasteiger partial charge on any atom is -0.456 e.